The summed E-state index contributed by atoms with van der Waals surface area (Å²) in [5.74, 6) is 0. The smallest absolute Gasteiger partial charge is 0.130 e. The summed E-state index contributed by atoms with van der Waals surface area (Å²) < 4.78 is 1.07. The van der Waals surface area contributed by atoms with Gasteiger partial charge in [-0.15, -0.1) is 0 Å². The van der Waals surface area contributed by atoms with Gasteiger partial charge in [0.25, 0.3) is 0 Å². The number of quaternary nitrogens is 1. The largest absolute Gasteiger partial charge is 0.322 e. The quantitative estimate of drug-likeness (QED) is 0.0969. The topological polar surface area (TPSA) is 29.4 Å². The normalized spacial score (nSPS) is 11.8. The minimum atomic E-state index is 0.473. The molecular weight excluding hydrogens is 344 g/mol. The Balaban J connectivity index is 3.34. The van der Waals surface area contributed by atoms with Crippen molar-refractivity contribution >= 4 is 0 Å². The molecule has 0 saturated heterocycles. The van der Waals surface area contributed by atoms with Crippen molar-refractivity contribution in [2.24, 2.45) is 5.18 Å². The van der Waals surface area contributed by atoms with E-state index < -0.39 is 0 Å². The van der Waals surface area contributed by atoms with Crippen LogP contribution in [0.15, 0.2) is 5.18 Å². The maximum Gasteiger partial charge on any atom is 0.130 e. The average Bonchev–Trinajstić information content (AvgIpc) is 2.73. The van der Waals surface area contributed by atoms with Crippen LogP contribution in [0.2, 0.25) is 0 Å². The molecule has 0 fully saturated rings. The number of hydrogen-bond donors (Lipinski definition) is 0. The van der Waals surface area contributed by atoms with Gasteiger partial charge in [0, 0.05) is 0 Å². The number of likely N-dealkylation sites (N-methyl/N-ethyl adjacent to an activating group) is 1. The van der Waals surface area contributed by atoms with Crippen LogP contribution in [0.1, 0.15) is 130 Å². The molecule has 0 aliphatic carbocycles. The second-order valence-electron chi connectivity index (χ2n) is 8.93. The van der Waals surface area contributed by atoms with Crippen molar-refractivity contribution in [3.8, 4) is 0 Å². The lowest BCUT2D eigenvalue weighted by molar-refractivity contribution is -0.923. The van der Waals surface area contributed by atoms with E-state index in [4.69, 9.17) is 0 Å². The number of nitrogens with zero attached hydrogens (tertiary/aromatic N) is 2. The van der Waals surface area contributed by atoms with Crippen molar-refractivity contribution in [1.29, 1.82) is 0 Å². The molecule has 0 aromatic heterocycles. The second-order valence-corrected chi connectivity index (χ2v) is 8.93. The van der Waals surface area contributed by atoms with Gasteiger partial charge in [0.1, 0.15) is 13.1 Å². The van der Waals surface area contributed by atoms with E-state index in [1.165, 1.54) is 116 Å². The highest BCUT2D eigenvalue weighted by atomic mass is 16.3. The third-order valence-electron chi connectivity index (χ3n) is 6.74. The molecule has 0 heterocycles. The molecule has 28 heavy (non-hydrogen) atoms. The monoisotopic (exact) mass is 397 g/mol. The Morgan fingerprint density at radius 1 is 0.500 bits per heavy atom. The maximum absolute atomic E-state index is 10.5. The molecular formula is C25H53N2O+. The fourth-order valence-corrected chi connectivity index (χ4v) is 4.39. The molecule has 168 valence electrons. The SMILES string of the molecule is CCCCCCCCCCCCCCCCCCC[N+](CC)(CC)CCN=O. The highest BCUT2D eigenvalue weighted by molar-refractivity contribution is 4.51. The van der Waals surface area contributed by atoms with Crippen molar-refractivity contribution < 1.29 is 4.48 Å². The first kappa shape index (κ1) is 27.6. The molecule has 0 bridgehead atoms. The van der Waals surface area contributed by atoms with E-state index in [2.05, 4.69) is 25.9 Å². The summed E-state index contributed by atoms with van der Waals surface area (Å²) in [4.78, 5) is 10.5. The maximum atomic E-state index is 10.5. The van der Waals surface area contributed by atoms with Crippen molar-refractivity contribution in [2.45, 2.75) is 130 Å². The Morgan fingerprint density at radius 2 is 0.857 bits per heavy atom. The van der Waals surface area contributed by atoms with Crippen molar-refractivity contribution in [3.63, 3.8) is 0 Å². The molecule has 0 saturated carbocycles. The predicted molar refractivity (Wildman–Crippen MR) is 126 cm³/mol. The number of rotatable bonds is 23. The summed E-state index contributed by atoms with van der Waals surface area (Å²) in [7, 11) is 0. The van der Waals surface area contributed by atoms with E-state index in [-0.39, 0.29) is 0 Å². The van der Waals surface area contributed by atoms with Crippen LogP contribution in [0.5, 0.6) is 0 Å². The number of nitroso groups, excluding NO2 is 1. The van der Waals surface area contributed by atoms with E-state index in [9.17, 15) is 4.91 Å². The van der Waals surface area contributed by atoms with Crippen molar-refractivity contribution in [1.82, 2.24) is 0 Å². The molecule has 0 spiro atoms. The van der Waals surface area contributed by atoms with Crippen LogP contribution in [-0.2, 0) is 0 Å². The highest BCUT2D eigenvalue weighted by Gasteiger charge is 2.22. The van der Waals surface area contributed by atoms with E-state index in [1.807, 2.05) is 0 Å². The van der Waals surface area contributed by atoms with Gasteiger partial charge in [-0.25, -0.2) is 0 Å². The van der Waals surface area contributed by atoms with Crippen molar-refractivity contribution in [2.75, 3.05) is 32.7 Å². The standard InChI is InChI=1S/C25H53N2O/c1-4-7-8-9-10-11-12-13-14-15-16-17-18-19-20-21-22-24-27(5-2,6-3)25-23-26-28/h4-25H2,1-3H3/q+1. The van der Waals surface area contributed by atoms with Gasteiger partial charge in [0.2, 0.25) is 0 Å². The number of hydrogen-bond acceptors (Lipinski definition) is 2. The van der Waals surface area contributed by atoms with E-state index in [1.54, 1.807) is 0 Å². The van der Waals surface area contributed by atoms with Crippen LogP contribution in [0.4, 0.5) is 0 Å². The summed E-state index contributed by atoms with van der Waals surface area (Å²) in [5.41, 5.74) is 0. The van der Waals surface area contributed by atoms with Gasteiger partial charge in [0.05, 0.1) is 19.6 Å². The van der Waals surface area contributed by atoms with Crippen LogP contribution in [0.3, 0.4) is 0 Å². The Bertz CT molecular complexity index is 316. The van der Waals surface area contributed by atoms with Crippen LogP contribution >= 0.6 is 0 Å². The first-order chi connectivity index (χ1) is 13.7. The summed E-state index contributed by atoms with van der Waals surface area (Å²) >= 11 is 0. The Morgan fingerprint density at radius 3 is 1.18 bits per heavy atom. The molecule has 0 rings (SSSR count). The first-order valence-corrected chi connectivity index (χ1v) is 12.9. The molecule has 0 aliphatic rings. The van der Waals surface area contributed by atoms with Gasteiger partial charge in [-0.05, 0) is 26.7 Å². The van der Waals surface area contributed by atoms with Gasteiger partial charge in [-0.1, -0.05) is 108 Å². The van der Waals surface area contributed by atoms with Gasteiger partial charge in [-0.3, -0.25) is 0 Å². The summed E-state index contributed by atoms with van der Waals surface area (Å²) in [6, 6.07) is 0. The molecule has 0 amide bonds. The Labute approximate surface area is 177 Å². The molecule has 3 nitrogen and oxygen atoms in total. The summed E-state index contributed by atoms with van der Waals surface area (Å²) in [6.07, 6.45) is 24.2. The van der Waals surface area contributed by atoms with E-state index in [0.29, 0.717) is 6.54 Å². The van der Waals surface area contributed by atoms with Crippen LogP contribution in [0, 0.1) is 4.91 Å². The molecule has 0 aromatic carbocycles. The van der Waals surface area contributed by atoms with Crippen molar-refractivity contribution in [3.05, 3.63) is 4.91 Å². The fourth-order valence-electron chi connectivity index (χ4n) is 4.39. The summed E-state index contributed by atoms with van der Waals surface area (Å²) in [6.45, 7) is 11.7. The van der Waals surface area contributed by atoms with Gasteiger partial charge in [0.15, 0.2) is 0 Å². The lowest BCUT2D eigenvalue weighted by atomic mass is 10.0. The lowest BCUT2D eigenvalue weighted by Gasteiger charge is -2.36. The number of unbranched alkanes of at least 4 members (excludes halogenated alkanes) is 16. The van der Waals surface area contributed by atoms with Gasteiger partial charge < -0.3 is 4.48 Å². The lowest BCUT2D eigenvalue weighted by Crippen LogP contribution is -2.50. The molecule has 0 aliphatic heterocycles. The van der Waals surface area contributed by atoms with E-state index in [0.717, 1.165) is 24.1 Å². The highest BCUT2D eigenvalue weighted by Crippen LogP contribution is 2.15. The molecule has 3 heteroatoms. The molecule has 0 aromatic rings. The minimum Gasteiger partial charge on any atom is -0.322 e. The van der Waals surface area contributed by atoms with Crippen LogP contribution < -0.4 is 0 Å². The van der Waals surface area contributed by atoms with Crippen LogP contribution in [0.25, 0.3) is 0 Å². The molecule has 0 N–H and O–H groups in total. The van der Waals surface area contributed by atoms with Crippen LogP contribution in [-0.4, -0.2) is 37.2 Å². The zero-order valence-electron chi connectivity index (χ0n) is 19.9. The average molecular weight is 398 g/mol. The Kier molecular flexibility index (Phi) is 20.9. The second kappa shape index (κ2) is 21.3. The third-order valence-corrected chi connectivity index (χ3v) is 6.74. The third kappa shape index (κ3) is 16.5. The minimum absolute atomic E-state index is 0.473. The van der Waals surface area contributed by atoms with Gasteiger partial charge in [-0.2, -0.15) is 4.91 Å². The molecule has 0 radical (unpaired) electrons. The fraction of sp³-hybridized carbons (Fsp3) is 1.00. The first-order valence-electron chi connectivity index (χ1n) is 12.9. The predicted octanol–water partition coefficient (Wildman–Crippen LogP) is 8.26. The summed E-state index contributed by atoms with van der Waals surface area (Å²) in [5, 5.41) is 3.08. The van der Waals surface area contributed by atoms with Gasteiger partial charge >= 0.3 is 0 Å². The molecule has 0 atom stereocenters. The molecule has 0 unspecified atom stereocenters. The zero-order valence-corrected chi connectivity index (χ0v) is 19.9. The zero-order chi connectivity index (χ0) is 20.8. The van der Waals surface area contributed by atoms with E-state index >= 15 is 0 Å². The Hall–Kier alpha value is -0.440.